The first kappa shape index (κ1) is 15.8. The van der Waals surface area contributed by atoms with E-state index in [0.29, 0.717) is 12.0 Å². The van der Waals surface area contributed by atoms with Crippen LogP contribution in [0.2, 0.25) is 0 Å². The summed E-state index contributed by atoms with van der Waals surface area (Å²) in [7, 11) is 0. The highest BCUT2D eigenvalue weighted by atomic mass is 16.5. The van der Waals surface area contributed by atoms with Crippen LogP contribution in [0.25, 0.3) is 0 Å². The number of aromatic nitrogens is 1. The van der Waals surface area contributed by atoms with Crippen LogP contribution in [-0.4, -0.2) is 23.2 Å². The van der Waals surface area contributed by atoms with E-state index in [1.807, 2.05) is 30.8 Å². The molecular formula is C15H26N2O2. The summed E-state index contributed by atoms with van der Waals surface area (Å²) in [6.45, 7) is 11.4. The summed E-state index contributed by atoms with van der Waals surface area (Å²) < 4.78 is 7.03. The van der Waals surface area contributed by atoms with Gasteiger partial charge in [-0.3, -0.25) is 4.79 Å². The molecule has 1 aromatic heterocycles. The summed E-state index contributed by atoms with van der Waals surface area (Å²) in [5.74, 6) is 0.320. The van der Waals surface area contributed by atoms with Crippen molar-refractivity contribution in [2.75, 3.05) is 6.54 Å². The Morgan fingerprint density at radius 1 is 1.37 bits per heavy atom. The van der Waals surface area contributed by atoms with E-state index in [9.17, 15) is 4.79 Å². The predicted octanol–water partition coefficient (Wildman–Crippen LogP) is 2.75. The summed E-state index contributed by atoms with van der Waals surface area (Å²) in [4.78, 5) is 11.6. The van der Waals surface area contributed by atoms with E-state index in [0.717, 1.165) is 6.54 Å². The third-order valence-electron chi connectivity index (χ3n) is 2.90. The lowest BCUT2D eigenvalue weighted by Gasteiger charge is -2.20. The first-order valence-corrected chi connectivity index (χ1v) is 7.02. The smallest absolute Gasteiger partial charge is 0.326 e. The third kappa shape index (κ3) is 5.07. The first-order valence-electron chi connectivity index (χ1n) is 7.02. The molecule has 0 saturated carbocycles. The zero-order valence-corrected chi connectivity index (χ0v) is 12.6. The van der Waals surface area contributed by atoms with Crippen LogP contribution in [0.3, 0.4) is 0 Å². The quantitative estimate of drug-likeness (QED) is 0.772. The highest BCUT2D eigenvalue weighted by molar-refractivity contribution is 5.69. The van der Waals surface area contributed by atoms with Crippen molar-refractivity contribution in [2.24, 2.45) is 5.92 Å². The number of nitrogens with one attached hydrogen (secondary N) is 1. The molecule has 1 aromatic rings. The van der Waals surface area contributed by atoms with Crippen molar-refractivity contribution < 1.29 is 9.53 Å². The molecule has 1 rings (SSSR count). The van der Waals surface area contributed by atoms with Gasteiger partial charge in [-0.2, -0.15) is 0 Å². The molecule has 0 spiro atoms. The van der Waals surface area contributed by atoms with Crippen molar-refractivity contribution in [1.29, 1.82) is 0 Å². The lowest BCUT2D eigenvalue weighted by Crippen LogP contribution is -2.25. The van der Waals surface area contributed by atoms with E-state index in [2.05, 4.69) is 32.2 Å². The Bertz CT molecular complexity index is 397. The fourth-order valence-corrected chi connectivity index (χ4v) is 2.15. The molecule has 0 amide bonds. The highest BCUT2D eigenvalue weighted by Gasteiger charge is 2.16. The maximum Gasteiger partial charge on any atom is 0.326 e. The van der Waals surface area contributed by atoms with Crippen molar-refractivity contribution in [3.8, 4) is 0 Å². The van der Waals surface area contributed by atoms with Gasteiger partial charge in [-0.25, -0.2) is 0 Å². The van der Waals surface area contributed by atoms with E-state index in [4.69, 9.17) is 4.74 Å². The molecule has 0 aliphatic heterocycles. The molecule has 1 N–H and O–H groups in total. The maximum absolute atomic E-state index is 11.6. The summed E-state index contributed by atoms with van der Waals surface area (Å²) in [6, 6.07) is 2.39. The van der Waals surface area contributed by atoms with Gasteiger partial charge in [0.25, 0.3) is 0 Å². The number of carbonyl (C=O) groups excluding carboxylic acids is 1. The molecule has 4 heteroatoms. The summed E-state index contributed by atoms with van der Waals surface area (Å²) in [6.07, 6.45) is 3.89. The number of esters is 1. The Morgan fingerprint density at radius 2 is 2.05 bits per heavy atom. The van der Waals surface area contributed by atoms with Gasteiger partial charge in [-0.15, -0.1) is 0 Å². The van der Waals surface area contributed by atoms with Crippen LogP contribution in [0.1, 0.15) is 46.2 Å². The minimum Gasteiger partial charge on any atom is -0.462 e. The highest BCUT2D eigenvalue weighted by Crippen LogP contribution is 2.21. The van der Waals surface area contributed by atoms with Crippen LogP contribution >= 0.6 is 0 Å². The van der Waals surface area contributed by atoms with Crippen molar-refractivity contribution >= 4 is 5.97 Å². The van der Waals surface area contributed by atoms with Crippen LogP contribution < -0.4 is 5.32 Å². The zero-order chi connectivity index (χ0) is 14.4. The molecule has 19 heavy (non-hydrogen) atoms. The molecule has 0 aliphatic carbocycles. The van der Waals surface area contributed by atoms with Gasteiger partial charge in [0, 0.05) is 18.4 Å². The molecule has 0 aromatic carbocycles. The zero-order valence-electron chi connectivity index (χ0n) is 12.6. The Morgan fingerprint density at radius 3 is 2.58 bits per heavy atom. The fourth-order valence-electron chi connectivity index (χ4n) is 2.15. The van der Waals surface area contributed by atoms with E-state index >= 15 is 0 Å². The predicted molar refractivity (Wildman–Crippen MR) is 76.9 cm³/mol. The molecule has 108 valence electrons. The minimum absolute atomic E-state index is 0.0623. The SMILES string of the molecule is CCNC(c1ccn(CC(=O)OC(C)C)c1)C(C)C. The molecule has 0 aliphatic rings. The summed E-state index contributed by atoms with van der Waals surface area (Å²) in [5, 5.41) is 3.47. The second kappa shape index (κ2) is 7.34. The van der Waals surface area contributed by atoms with Crippen LogP contribution in [0.5, 0.6) is 0 Å². The largest absolute Gasteiger partial charge is 0.462 e. The number of carbonyl (C=O) groups is 1. The van der Waals surface area contributed by atoms with Crippen molar-refractivity contribution in [2.45, 2.75) is 53.3 Å². The van der Waals surface area contributed by atoms with Gasteiger partial charge in [0.05, 0.1) is 6.10 Å². The number of hydrogen-bond acceptors (Lipinski definition) is 3. The van der Waals surface area contributed by atoms with Crippen LogP contribution in [0.4, 0.5) is 0 Å². The lowest BCUT2D eigenvalue weighted by atomic mass is 9.98. The van der Waals surface area contributed by atoms with Gasteiger partial charge in [-0.05, 0) is 37.9 Å². The number of ether oxygens (including phenoxy) is 1. The third-order valence-corrected chi connectivity index (χ3v) is 2.90. The van der Waals surface area contributed by atoms with Gasteiger partial charge >= 0.3 is 5.97 Å². The summed E-state index contributed by atoms with van der Waals surface area (Å²) in [5.41, 5.74) is 1.22. The lowest BCUT2D eigenvalue weighted by molar-refractivity contribution is -0.148. The molecule has 4 nitrogen and oxygen atoms in total. The van der Waals surface area contributed by atoms with Gasteiger partial charge in [0.1, 0.15) is 6.54 Å². The molecular weight excluding hydrogens is 240 g/mol. The van der Waals surface area contributed by atoms with Gasteiger partial charge in [-0.1, -0.05) is 20.8 Å². The average molecular weight is 266 g/mol. The topological polar surface area (TPSA) is 43.3 Å². The van der Waals surface area contributed by atoms with E-state index in [-0.39, 0.29) is 18.6 Å². The van der Waals surface area contributed by atoms with Crippen LogP contribution in [-0.2, 0) is 16.1 Å². The van der Waals surface area contributed by atoms with E-state index < -0.39 is 0 Å². The number of rotatable bonds is 7. The molecule has 1 unspecified atom stereocenters. The molecule has 1 atom stereocenters. The Labute approximate surface area is 116 Å². The second-order valence-corrected chi connectivity index (χ2v) is 5.44. The normalized spacial score (nSPS) is 13.0. The molecule has 1 heterocycles. The Hall–Kier alpha value is -1.29. The van der Waals surface area contributed by atoms with Gasteiger partial charge < -0.3 is 14.6 Å². The van der Waals surface area contributed by atoms with Crippen molar-refractivity contribution in [1.82, 2.24) is 9.88 Å². The molecule has 0 radical (unpaired) electrons. The van der Waals surface area contributed by atoms with Gasteiger partial charge in [0.15, 0.2) is 0 Å². The first-order chi connectivity index (χ1) is 8.93. The van der Waals surface area contributed by atoms with Crippen molar-refractivity contribution in [3.05, 3.63) is 24.0 Å². The van der Waals surface area contributed by atoms with E-state index in [1.54, 1.807) is 0 Å². The van der Waals surface area contributed by atoms with Crippen molar-refractivity contribution in [3.63, 3.8) is 0 Å². The Kier molecular flexibility index (Phi) is 6.09. The monoisotopic (exact) mass is 266 g/mol. The standard InChI is InChI=1S/C15H26N2O2/c1-6-16-15(11(2)3)13-7-8-17(9-13)10-14(18)19-12(4)5/h7-9,11-12,15-16H,6,10H2,1-5H3. The van der Waals surface area contributed by atoms with Gasteiger partial charge in [0.2, 0.25) is 0 Å². The van der Waals surface area contributed by atoms with Crippen LogP contribution in [0, 0.1) is 5.92 Å². The Balaban J connectivity index is 2.67. The fraction of sp³-hybridized carbons (Fsp3) is 0.667. The molecule has 0 saturated heterocycles. The molecule has 0 fully saturated rings. The van der Waals surface area contributed by atoms with E-state index in [1.165, 1.54) is 5.56 Å². The van der Waals surface area contributed by atoms with Crippen LogP contribution in [0.15, 0.2) is 18.5 Å². The average Bonchev–Trinajstić information content (AvgIpc) is 2.72. The second-order valence-electron chi connectivity index (χ2n) is 5.44. The maximum atomic E-state index is 11.6. The number of hydrogen-bond donors (Lipinski definition) is 1. The minimum atomic E-state index is -0.193. The number of nitrogens with zero attached hydrogens (tertiary/aromatic N) is 1. The molecule has 0 bridgehead atoms. The summed E-state index contributed by atoms with van der Waals surface area (Å²) >= 11 is 0.